The Hall–Kier alpha value is -2.87. The number of aryl methyl sites for hydroxylation is 1. The molecule has 0 radical (unpaired) electrons. The van der Waals surface area contributed by atoms with Gasteiger partial charge in [0, 0.05) is 16.3 Å². The van der Waals surface area contributed by atoms with Crippen LogP contribution in [0.25, 0.3) is 0 Å². The summed E-state index contributed by atoms with van der Waals surface area (Å²) < 4.78 is 0. The Morgan fingerprint density at radius 1 is 1.17 bits per heavy atom. The molecule has 2 aromatic rings. The van der Waals surface area contributed by atoms with Gasteiger partial charge < -0.3 is 11.5 Å². The normalized spacial score (nSPS) is 15.1. The largest absolute Gasteiger partial charge is 0.400 e. The Kier molecular flexibility index (Phi) is 8.00. The van der Waals surface area contributed by atoms with Crippen LogP contribution in [0.4, 0.5) is 0 Å². The van der Waals surface area contributed by atoms with Crippen molar-refractivity contribution in [3.8, 4) is 6.07 Å². The summed E-state index contributed by atoms with van der Waals surface area (Å²) in [5, 5.41) is 9.26. The number of aldehydes is 1. The number of hydrogen-bond acceptors (Lipinski definition) is 4. The van der Waals surface area contributed by atoms with Crippen molar-refractivity contribution < 1.29 is 4.79 Å². The van der Waals surface area contributed by atoms with Crippen LogP contribution in [0.5, 0.6) is 0 Å². The number of halogens is 1. The molecule has 0 heterocycles. The molecule has 156 valence electrons. The van der Waals surface area contributed by atoms with E-state index in [0.717, 1.165) is 36.0 Å². The molecule has 0 amide bonds. The molecule has 0 spiro atoms. The fourth-order valence-electron chi connectivity index (χ4n) is 3.18. The maximum Gasteiger partial charge on any atom is 0.150 e. The second-order valence-corrected chi connectivity index (χ2v) is 8.26. The van der Waals surface area contributed by atoms with Gasteiger partial charge in [-0.15, -0.1) is 0 Å². The lowest BCUT2D eigenvalue weighted by Crippen LogP contribution is -2.44. The lowest BCUT2D eigenvalue weighted by Gasteiger charge is -2.31. The zero-order chi connectivity index (χ0) is 22.3. The first-order chi connectivity index (χ1) is 14.2. The fraction of sp³-hybridized carbons (Fsp3) is 0.280. The molecule has 4 nitrogen and oxygen atoms in total. The van der Waals surface area contributed by atoms with E-state index in [1.54, 1.807) is 18.2 Å². The van der Waals surface area contributed by atoms with Gasteiger partial charge in [0.1, 0.15) is 6.29 Å². The smallest absolute Gasteiger partial charge is 0.150 e. The number of carbonyl (C=O) groups excluding carboxylic acids is 1. The number of carbonyl (C=O) groups is 1. The molecule has 1 aliphatic carbocycles. The minimum absolute atomic E-state index is 0.426. The van der Waals surface area contributed by atoms with E-state index in [1.807, 2.05) is 63.3 Å². The first kappa shape index (κ1) is 23.4. The maximum atomic E-state index is 10.3. The SMILES string of the molecule is CC(C)=C/C=C(\N)C(N)(c1ccc(Cl)cc1)C1CC1.Cc1cc(C=O)ccc1C#N. The number of nitriles is 1. The molecule has 1 atom stereocenters. The Morgan fingerprint density at radius 2 is 1.80 bits per heavy atom. The number of rotatable bonds is 5. The average Bonchev–Trinajstić information content (AvgIpc) is 3.58. The van der Waals surface area contributed by atoms with Crippen molar-refractivity contribution in [2.45, 2.75) is 39.2 Å². The van der Waals surface area contributed by atoms with Gasteiger partial charge in [-0.05, 0) is 81.0 Å². The number of hydrogen-bond donors (Lipinski definition) is 2. The molecule has 30 heavy (non-hydrogen) atoms. The Bertz CT molecular complexity index is 994. The van der Waals surface area contributed by atoms with Gasteiger partial charge in [-0.1, -0.05) is 41.4 Å². The van der Waals surface area contributed by atoms with Crippen molar-refractivity contribution in [1.82, 2.24) is 0 Å². The van der Waals surface area contributed by atoms with Crippen molar-refractivity contribution in [2.75, 3.05) is 0 Å². The van der Waals surface area contributed by atoms with E-state index in [1.165, 1.54) is 5.57 Å². The summed E-state index contributed by atoms with van der Waals surface area (Å²) in [7, 11) is 0. The van der Waals surface area contributed by atoms with Gasteiger partial charge in [0.05, 0.1) is 17.2 Å². The van der Waals surface area contributed by atoms with Gasteiger partial charge in [-0.3, -0.25) is 4.79 Å². The molecule has 0 aliphatic heterocycles. The molecule has 4 N–H and O–H groups in total. The van der Waals surface area contributed by atoms with E-state index in [-0.39, 0.29) is 0 Å². The van der Waals surface area contributed by atoms with Crippen LogP contribution in [0, 0.1) is 24.2 Å². The molecule has 1 fully saturated rings. The van der Waals surface area contributed by atoms with Crippen LogP contribution >= 0.6 is 11.6 Å². The molecule has 0 bridgehead atoms. The predicted octanol–water partition coefficient (Wildman–Crippen LogP) is 5.39. The van der Waals surface area contributed by atoms with Crippen LogP contribution in [0.1, 0.15) is 53.7 Å². The summed E-state index contributed by atoms with van der Waals surface area (Å²) in [5.41, 5.74) is 17.4. The molecular formula is C25H28ClN3O. The first-order valence-corrected chi connectivity index (χ1v) is 10.2. The average molecular weight is 422 g/mol. The maximum absolute atomic E-state index is 10.3. The quantitative estimate of drug-likeness (QED) is 0.499. The third-order valence-corrected chi connectivity index (χ3v) is 5.38. The summed E-state index contributed by atoms with van der Waals surface area (Å²) in [6, 6.07) is 14.7. The van der Waals surface area contributed by atoms with Crippen molar-refractivity contribution in [3.63, 3.8) is 0 Å². The number of nitrogens with two attached hydrogens (primary N) is 2. The molecule has 0 aromatic heterocycles. The monoisotopic (exact) mass is 421 g/mol. The van der Waals surface area contributed by atoms with Gasteiger partial charge in [-0.25, -0.2) is 0 Å². The number of nitrogens with zero attached hydrogens (tertiary/aromatic N) is 1. The Balaban J connectivity index is 0.000000248. The number of allylic oxidation sites excluding steroid dienone is 3. The first-order valence-electron chi connectivity index (χ1n) is 9.84. The molecular weight excluding hydrogens is 394 g/mol. The van der Waals surface area contributed by atoms with E-state index in [2.05, 4.69) is 0 Å². The summed E-state index contributed by atoms with van der Waals surface area (Å²) in [5.74, 6) is 0.426. The van der Waals surface area contributed by atoms with Crippen LogP contribution in [-0.4, -0.2) is 6.29 Å². The Morgan fingerprint density at radius 3 is 2.27 bits per heavy atom. The highest BCUT2D eigenvalue weighted by atomic mass is 35.5. The molecule has 5 heteroatoms. The van der Waals surface area contributed by atoms with Crippen molar-refractivity contribution in [3.05, 3.63) is 93.2 Å². The minimum Gasteiger partial charge on any atom is -0.400 e. The van der Waals surface area contributed by atoms with E-state index >= 15 is 0 Å². The topological polar surface area (TPSA) is 92.9 Å². The highest BCUT2D eigenvalue weighted by Crippen LogP contribution is 2.47. The molecule has 1 aliphatic rings. The van der Waals surface area contributed by atoms with Crippen LogP contribution in [0.3, 0.4) is 0 Å². The standard InChI is InChI=1S/C16H21ClN2.C9H7NO/c1-11(2)3-10-15(18)16(19,12-4-5-12)13-6-8-14(17)9-7-13;1-7-4-8(6-11)2-3-9(7)5-10/h3,6-10,12H,4-5,18-19H2,1-2H3;2-4,6H,1H3/b15-10-;. The molecule has 1 unspecified atom stereocenters. The highest BCUT2D eigenvalue weighted by Gasteiger charge is 2.45. The van der Waals surface area contributed by atoms with Crippen molar-refractivity contribution in [2.24, 2.45) is 17.4 Å². The summed E-state index contributed by atoms with van der Waals surface area (Å²) in [4.78, 5) is 10.3. The van der Waals surface area contributed by atoms with Gasteiger partial charge in [-0.2, -0.15) is 5.26 Å². The van der Waals surface area contributed by atoms with Gasteiger partial charge in [0.15, 0.2) is 0 Å². The van der Waals surface area contributed by atoms with E-state index < -0.39 is 5.54 Å². The zero-order valence-corrected chi connectivity index (χ0v) is 18.4. The molecule has 1 saturated carbocycles. The van der Waals surface area contributed by atoms with E-state index in [9.17, 15) is 4.79 Å². The van der Waals surface area contributed by atoms with E-state index in [4.69, 9.17) is 28.3 Å². The number of benzene rings is 2. The lowest BCUT2D eigenvalue weighted by atomic mass is 9.82. The van der Waals surface area contributed by atoms with Crippen LogP contribution in [0.2, 0.25) is 5.02 Å². The minimum atomic E-state index is -0.573. The fourth-order valence-corrected chi connectivity index (χ4v) is 3.31. The highest BCUT2D eigenvalue weighted by molar-refractivity contribution is 6.30. The van der Waals surface area contributed by atoms with E-state index in [0.29, 0.717) is 22.1 Å². The second kappa shape index (κ2) is 10.2. The third-order valence-electron chi connectivity index (χ3n) is 5.12. The van der Waals surface area contributed by atoms with Gasteiger partial charge in [0.25, 0.3) is 0 Å². The lowest BCUT2D eigenvalue weighted by molar-refractivity contribution is 0.112. The van der Waals surface area contributed by atoms with Crippen LogP contribution < -0.4 is 11.5 Å². The summed E-state index contributed by atoms with van der Waals surface area (Å²) >= 11 is 5.94. The van der Waals surface area contributed by atoms with Crippen LogP contribution in [0.15, 0.2) is 65.9 Å². The van der Waals surface area contributed by atoms with Gasteiger partial charge >= 0.3 is 0 Å². The summed E-state index contributed by atoms with van der Waals surface area (Å²) in [6.07, 6.45) is 6.97. The van der Waals surface area contributed by atoms with Gasteiger partial charge in [0.2, 0.25) is 0 Å². The Labute approximate surface area is 183 Å². The molecule has 3 rings (SSSR count). The van der Waals surface area contributed by atoms with Crippen LogP contribution in [-0.2, 0) is 5.54 Å². The van der Waals surface area contributed by atoms with Crippen molar-refractivity contribution in [1.29, 1.82) is 5.26 Å². The predicted molar refractivity (Wildman–Crippen MR) is 123 cm³/mol. The molecule has 0 saturated heterocycles. The third kappa shape index (κ3) is 5.82. The van der Waals surface area contributed by atoms with Crippen molar-refractivity contribution >= 4 is 17.9 Å². The second-order valence-electron chi connectivity index (χ2n) is 7.82. The molecule has 2 aromatic carbocycles. The zero-order valence-electron chi connectivity index (χ0n) is 17.7. The summed E-state index contributed by atoms with van der Waals surface area (Å²) in [6.45, 7) is 5.90.